The number of benzene rings is 1. The number of anilines is 1. The molecule has 1 atom stereocenters. The highest BCUT2D eigenvalue weighted by molar-refractivity contribution is 7.97. The number of aliphatic imine (C=N–C) groups is 1. The fraction of sp³-hybridized carbons (Fsp3) is 0.500. The summed E-state index contributed by atoms with van der Waals surface area (Å²) in [5, 5.41) is 4.83. The van der Waals surface area contributed by atoms with Crippen LogP contribution in [0.5, 0.6) is 5.75 Å². The van der Waals surface area contributed by atoms with Crippen LogP contribution in [-0.2, 0) is 14.6 Å². The Morgan fingerprint density at radius 1 is 1.18 bits per heavy atom. The molecule has 2 saturated heterocycles. The number of nitrogens with zero attached hydrogens (tertiary/aromatic N) is 3. The van der Waals surface area contributed by atoms with Gasteiger partial charge in [-0.2, -0.15) is 0 Å². The van der Waals surface area contributed by atoms with Gasteiger partial charge in [0, 0.05) is 25.2 Å². The van der Waals surface area contributed by atoms with Gasteiger partial charge in [0.15, 0.2) is 10.4 Å². The van der Waals surface area contributed by atoms with Gasteiger partial charge in [0.25, 0.3) is 0 Å². The van der Waals surface area contributed by atoms with Gasteiger partial charge in [-0.3, -0.25) is 15.2 Å². The molecule has 1 unspecified atom stereocenters. The SMILES string of the molecule is COc1cccc(N2C(=O)NC(=NC3CCCCC3)C23CCN([S+](=O)([O-])c2cccs2)CC3)c1. The standard InChI is InChI=1S/C24H30N4O4S2/c1-32-20-10-5-9-19(17-20)28-23(29)26-22(25-18-7-3-2-4-8-18)24(28)12-14-27(15-13-24)34(30,31)21-11-6-16-33-21/h5-6,9-11,16-18H,2-4,7-8,12-15H2,1H3,(H-,25,26,29,30,31). The second-order valence-electron chi connectivity index (χ2n) is 9.10. The Hall–Kier alpha value is -2.27. The van der Waals surface area contributed by atoms with Crippen LogP contribution in [0.1, 0.15) is 44.9 Å². The summed E-state index contributed by atoms with van der Waals surface area (Å²) in [6, 6.07) is 10.8. The lowest BCUT2D eigenvalue weighted by molar-refractivity contribution is 0.240. The number of methoxy groups -OCH3 is 1. The number of ether oxygens (including phenoxy) is 1. The Morgan fingerprint density at radius 2 is 1.94 bits per heavy atom. The summed E-state index contributed by atoms with van der Waals surface area (Å²) in [6.45, 7) is 0.638. The van der Waals surface area contributed by atoms with Crippen molar-refractivity contribution >= 4 is 39.3 Å². The van der Waals surface area contributed by atoms with Crippen LogP contribution in [0.15, 0.2) is 51.0 Å². The molecule has 5 rings (SSSR count). The fourth-order valence-corrected chi connectivity index (χ4v) is 7.91. The molecule has 1 spiro atoms. The summed E-state index contributed by atoms with van der Waals surface area (Å²) >= 11 is 1.23. The summed E-state index contributed by atoms with van der Waals surface area (Å²) in [7, 11) is -1.95. The third kappa shape index (κ3) is 4.17. The number of carbonyl (C=O) groups is 1. The lowest BCUT2D eigenvalue weighted by atomic mass is 9.85. The van der Waals surface area contributed by atoms with Gasteiger partial charge in [0.2, 0.25) is 4.21 Å². The molecule has 1 N–H and O–H groups in total. The summed E-state index contributed by atoms with van der Waals surface area (Å²) in [5.74, 6) is 1.34. The van der Waals surface area contributed by atoms with Crippen LogP contribution in [0.4, 0.5) is 10.5 Å². The molecule has 2 amide bonds. The predicted molar refractivity (Wildman–Crippen MR) is 133 cm³/mol. The van der Waals surface area contributed by atoms with E-state index in [-0.39, 0.29) is 12.1 Å². The topological polar surface area (TPSA) is 97.3 Å². The smallest absolute Gasteiger partial charge is 0.328 e. The Kier molecular flexibility index (Phi) is 6.49. The van der Waals surface area contributed by atoms with Crippen molar-refractivity contribution in [2.45, 2.75) is 60.7 Å². The molecule has 10 heteroatoms. The molecule has 0 bridgehead atoms. The maximum atomic E-state index is 13.3. The van der Waals surface area contributed by atoms with Crippen molar-refractivity contribution < 1.29 is 18.3 Å². The van der Waals surface area contributed by atoms with Crippen molar-refractivity contribution in [3.8, 4) is 5.75 Å². The quantitative estimate of drug-likeness (QED) is 0.611. The number of hydrogen-bond acceptors (Lipinski definition) is 6. The van der Waals surface area contributed by atoms with E-state index in [0.29, 0.717) is 41.7 Å². The minimum absolute atomic E-state index is 0.194. The first-order chi connectivity index (χ1) is 16.4. The van der Waals surface area contributed by atoms with Gasteiger partial charge in [-0.1, -0.05) is 40.9 Å². The van der Waals surface area contributed by atoms with E-state index >= 15 is 0 Å². The van der Waals surface area contributed by atoms with Crippen molar-refractivity contribution in [1.29, 1.82) is 0 Å². The maximum absolute atomic E-state index is 13.3. The Bertz CT molecular complexity index is 1110. The lowest BCUT2D eigenvalue weighted by Gasteiger charge is -2.43. The first-order valence-electron chi connectivity index (χ1n) is 11.8. The van der Waals surface area contributed by atoms with Gasteiger partial charge in [0.1, 0.15) is 17.1 Å². The Labute approximate surface area is 205 Å². The number of amides is 2. The number of rotatable bonds is 5. The van der Waals surface area contributed by atoms with Crippen LogP contribution in [-0.4, -0.2) is 52.5 Å². The Balaban J connectivity index is 1.49. The Morgan fingerprint density at radius 3 is 2.62 bits per heavy atom. The average molecular weight is 503 g/mol. The number of thiophene rings is 1. The molecule has 0 radical (unpaired) electrons. The number of amidine groups is 1. The van der Waals surface area contributed by atoms with Gasteiger partial charge < -0.3 is 9.29 Å². The van der Waals surface area contributed by atoms with E-state index in [1.807, 2.05) is 24.3 Å². The molecule has 1 aliphatic carbocycles. The largest absolute Gasteiger partial charge is 0.592 e. The first kappa shape index (κ1) is 23.5. The van der Waals surface area contributed by atoms with Crippen LogP contribution in [0, 0.1) is 0 Å². The van der Waals surface area contributed by atoms with Crippen molar-refractivity contribution in [3.63, 3.8) is 0 Å². The zero-order chi connectivity index (χ0) is 23.8. The third-order valence-electron chi connectivity index (χ3n) is 7.13. The highest BCUT2D eigenvalue weighted by atomic mass is 32.3. The number of hydrogen-bond donors (Lipinski definition) is 1. The molecule has 182 valence electrons. The van der Waals surface area contributed by atoms with Crippen LogP contribution in [0.2, 0.25) is 0 Å². The van der Waals surface area contributed by atoms with Gasteiger partial charge in [-0.25, -0.2) is 4.79 Å². The van der Waals surface area contributed by atoms with Crippen molar-refractivity contribution in [1.82, 2.24) is 9.62 Å². The average Bonchev–Trinajstić information content (AvgIpc) is 3.48. The first-order valence-corrected chi connectivity index (χ1v) is 14.1. The van der Waals surface area contributed by atoms with Crippen LogP contribution in [0.25, 0.3) is 0 Å². The molecule has 8 nitrogen and oxygen atoms in total. The monoisotopic (exact) mass is 502 g/mol. The van der Waals surface area contributed by atoms with E-state index in [9.17, 15) is 13.6 Å². The second kappa shape index (κ2) is 9.41. The minimum atomic E-state index is -3.55. The number of nitrogens with one attached hydrogen (secondary N) is 1. The molecule has 3 heterocycles. The van der Waals surface area contributed by atoms with E-state index in [0.717, 1.165) is 31.4 Å². The van der Waals surface area contributed by atoms with Crippen LogP contribution < -0.4 is 15.0 Å². The third-order valence-corrected chi connectivity index (χ3v) is 10.4. The molecular weight excluding hydrogens is 472 g/mol. The number of piperidine rings is 1. The minimum Gasteiger partial charge on any atom is -0.592 e. The molecule has 3 aliphatic rings. The zero-order valence-corrected chi connectivity index (χ0v) is 20.9. The summed E-state index contributed by atoms with van der Waals surface area (Å²) < 4.78 is 33.6. The highest BCUT2D eigenvalue weighted by Crippen LogP contribution is 2.41. The fourth-order valence-electron chi connectivity index (χ4n) is 5.33. The van der Waals surface area contributed by atoms with E-state index in [1.54, 1.807) is 29.5 Å². The van der Waals surface area contributed by atoms with E-state index in [4.69, 9.17) is 9.73 Å². The number of urea groups is 1. The lowest BCUT2D eigenvalue weighted by Crippen LogP contribution is -2.58. The zero-order valence-electron chi connectivity index (χ0n) is 19.3. The van der Waals surface area contributed by atoms with E-state index < -0.39 is 15.9 Å². The van der Waals surface area contributed by atoms with Gasteiger partial charge in [0.05, 0.1) is 18.8 Å². The number of carbonyl (C=O) groups excluding carboxylic acids is 1. The summed E-state index contributed by atoms with van der Waals surface area (Å²) in [5.41, 5.74) is 0.0165. The van der Waals surface area contributed by atoms with Crippen LogP contribution in [0.3, 0.4) is 0 Å². The molecule has 3 fully saturated rings. The van der Waals surface area contributed by atoms with Gasteiger partial charge in [-0.05, 0) is 49.3 Å². The molecular formula is C24H30N4O4S2. The molecule has 2 aliphatic heterocycles. The van der Waals surface area contributed by atoms with Gasteiger partial charge in [-0.15, -0.1) is 4.31 Å². The second-order valence-corrected chi connectivity index (χ2v) is 12.2. The van der Waals surface area contributed by atoms with Crippen molar-refractivity contribution in [3.05, 3.63) is 41.8 Å². The maximum Gasteiger partial charge on any atom is 0.328 e. The molecule has 2 aromatic rings. The normalized spacial score (nSPS) is 24.4. The predicted octanol–water partition coefficient (Wildman–Crippen LogP) is 4.46. The molecule has 1 aromatic heterocycles. The van der Waals surface area contributed by atoms with Gasteiger partial charge >= 0.3 is 6.03 Å². The van der Waals surface area contributed by atoms with E-state index in [2.05, 4.69) is 5.32 Å². The molecule has 1 aromatic carbocycles. The van der Waals surface area contributed by atoms with E-state index in [1.165, 1.54) is 22.1 Å². The number of sulfonamides is 1. The molecule has 34 heavy (non-hydrogen) atoms. The van der Waals surface area contributed by atoms with Crippen molar-refractivity contribution in [2.75, 3.05) is 25.1 Å². The molecule has 1 saturated carbocycles. The summed E-state index contributed by atoms with van der Waals surface area (Å²) in [6.07, 6.45) is 6.51. The van der Waals surface area contributed by atoms with Crippen molar-refractivity contribution in [2.24, 2.45) is 4.99 Å². The highest BCUT2D eigenvalue weighted by Gasteiger charge is 2.55. The van der Waals surface area contributed by atoms with Crippen LogP contribution >= 0.6 is 11.3 Å². The summed E-state index contributed by atoms with van der Waals surface area (Å²) in [4.78, 5) is 20.2.